The zero-order valence-corrected chi connectivity index (χ0v) is 6.24. The average molecular weight is 169 g/mol. The van der Waals surface area contributed by atoms with E-state index in [1.54, 1.807) is 0 Å². The van der Waals surface area contributed by atoms with Gasteiger partial charge in [0.2, 0.25) is 0 Å². The van der Waals surface area contributed by atoms with Crippen molar-refractivity contribution in [1.29, 1.82) is 0 Å². The van der Waals surface area contributed by atoms with E-state index >= 15 is 0 Å². The molecule has 1 saturated heterocycles. The second kappa shape index (κ2) is 3.77. The van der Waals surface area contributed by atoms with Crippen molar-refractivity contribution in [3.05, 3.63) is 10.4 Å². The first-order valence-corrected chi connectivity index (χ1v) is 3.45. The molecule has 1 fully saturated rings. The molecule has 64 valence electrons. The Morgan fingerprint density at radius 1 is 1.67 bits per heavy atom. The number of hydrogen-bond acceptors (Lipinski definition) is 4. The van der Waals surface area contributed by atoms with Crippen molar-refractivity contribution in [2.75, 3.05) is 6.61 Å². The minimum atomic E-state index is -1.03. The van der Waals surface area contributed by atoms with E-state index in [0.29, 0.717) is 0 Å². The van der Waals surface area contributed by atoms with Crippen LogP contribution in [0.4, 0.5) is 0 Å². The van der Waals surface area contributed by atoms with Gasteiger partial charge >= 0.3 is 0 Å². The first-order chi connectivity index (χ1) is 5.70. The number of rotatable bonds is 2. The summed E-state index contributed by atoms with van der Waals surface area (Å²) in [6.07, 6.45) is -1.78. The summed E-state index contributed by atoms with van der Waals surface area (Å²) < 4.78 is 4.90. The van der Waals surface area contributed by atoms with Gasteiger partial charge in [-0.15, -0.1) is 0 Å². The number of aliphatic hydroxyl groups is 2. The third-order valence-corrected chi connectivity index (χ3v) is 1.76. The van der Waals surface area contributed by atoms with Crippen molar-refractivity contribution < 1.29 is 14.9 Å². The van der Waals surface area contributed by atoms with E-state index in [-0.39, 0.29) is 6.61 Å². The lowest BCUT2D eigenvalue weighted by Crippen LogP contribution is -2.32. The fourth-order valence-corrected chi connectivity index (χ4v) is 1.12. The number of hydrogen-bond donors (Lipinski definition) is 2. The molecule has 1 aliphatic rings. The molecule has 0 aromatic carbocycles. The fourth-order valence-electron chi connectivity index (χ4n) is 1.12. The zero-order chi connectivity index (χ0) is 9.14. The maximum Gasteiger partial charge on any atom is 0.109 e. The molecule has 1 aliphatic heterocycles. The van der Waals surface area contributed by atoms with Crippen LogP contribution >= 0.6 is 0 Å². The number of aliphatic hydroxyl groups excluding tert-OH is 2. The molecule has 4 unspecified atom stereocenters. The summed E-state index contributed by atoms with van der Waals surface area (Å²) in [4.78, 5) is 2.51. The molecule has 2 N–H and O–H groups in total. The third-order valence-electron chi connectivity index (χ3n) is 1.76. The summed E-state index contributed by atoms with van der Waals surface area (Å²) in [5, 5.41) is 21.2. The molecule has 7 heteroatoms. The predicted molar refractivity (Wildman–Crippen MR) is 40.4 cm³/mol. The first kappa shape index (κ1) is 9.34. The number of azide groups is 1. The Hall–Kier alpha value is -0.745. The highest BCUT2D eigenvalue weighted by atomic mass is 16.5. The summed E-state index contributed by atoms with van der Waals surface area (Å²) >= 11 is 0. The Balaban J connectivity index is 2.69. The van der Waals surface area contributed by atoms with Gasteiger partial charge in [-0.25, -0.2) is 0 Å². The highest BCUT2D eigenvalue weighted by molar-refractivity contribution is 6.11. The van der Waals surface area contributed by atoms with Gasteiger partial charge in [-0.05, 0) is 5.53 Å². The Morgan fingerprint density at radius 3 is 2.75 bits per heavy atom. The van der Waals surface area contributed by atoms with Gasteiger partial charge in [0.05, 0.1) is 18.8 Å². The molecule has 0 aromatic heterocycles. The van der Waals surface area contributed by atoms with Crippen LogP contribution in [0.5, 0.6) is 0 Å². The van der Waals surface area contributed by atoms with Crippen molar-refractivity contribution >= 4 is 7.85 Å². The summed E-state index contributed by atoms with van der Waals surface area (Å²) in [5.74, 6) is 0. The van der Waals surface area contributed by atoms with Gasteiger partial charge in [-0.1, -0.05) is 5.11 Å². The second-order valence-corrected chi connectivity index (χ2v) is 2.51. The van der Waals surface area contributed by atoms with E-state index in [1.807, 2.05) is 0 Å². The normalized spacial score (nSPS) is 40.8. The van der Waals surface area contributed by atoms with Crippen LogP contribution in [0, 0.1) is 0 Å². The van der Waals surface area contributed by atoms with E-state index in [2.05, 4.69) is 10.0 Å². The number of ether oxygens (including phenoxy) is 1. The van der Waals surface area contributed by atoms with Crippen LogP contribution in [0.15, 0.2) is 5.11 Å². The lowest BCUT2D eigenvalue weighted by molar-refractivity contribution is -0.00436. The largest absolute Gasteiger partial charge is 0.394 e. The van der Waals surface area contributed by atoms with Gasteiger partial charge in [-0.3, -0.25) is 0 Å². The monoisotopic (exact) mass is 169 g/mol. The van der Waals surface area contributed by atoms with Crippen molar-refractivity contribution in [2.24, 2.45) is 5.11 Å². The molecule has 1 heterocycles. The standard InChI is InChI=1S/C5H8BN3O3/c6-5-3(8-9-7)4(11)2(1-10)12-5/h2-5,10-11H,1H2. The molecule has 0 amide bonds. The van der Waals surface area contributed by atoms with Gasteiger partial charge in [0, 0.05) is 10.9 Å². The van der Waals surface area contributed by atoms with Crippen LogP contribution in [0.1, 0.15) is 0 Å². The predicted octanol–water partition coefficient (Wildman–Crippen LogP) is -1.09. The van der Waals surface area contributed by atoms with E-state index < -0.39 is 24.3 Å². The van der Waals surface area contributed by atoms with E-state index in [0.717, 1.165) is 0 Å². The van der Waals surface area contributed by atoms with Crippen molar-refractivity contribution in [3.63, 3.8) is 0 Å². The van der Waals surface area contributed by atoms with E-state index in [4.69, 9.17) is 23.2 Å². The third kappa shape index (κ3) is 1.54. The van der Waals surface area contributed by atoms with Gasteiger partial charge in [0.1, 0.15) is 14.0 Å². The summed E-state index contributed by atoms with van der Waals surface area (Å²) in [6.45, 7) is -0.341. The maximum absolute atomic E-state index is 9.32. The zero-order valence-electron chi connectivity index (χ0n) is 6.24. The van der Waals surface area contributed by atoms with E-state index in [9.17, 15) is 5.11 Å². The Morgan fingerprint density at radius 2 is 2.33 bits per heavy atom. The quantitative estimate of drug-likeness (QED) is 0.238. The van der Waals surface area contributed by atoms with Gasteiger partial charge in [-0.2, -0.15) is 0 Å². The molecule has 1 rings (SSSR count). The van der Waals surface area contributed by atoms with Crippen LogP contribution in [0.2, 0.25) is 0 Å². The van der Waals surface area contributed by atoms with Crippen LogP contribution < -0.4 is 0 Å². The van der Waals surface area contributed by atoms with Crippen LogP contribution in [-0.4, -0.2) is 48.9 Å². The highest BCUT2D eigenvalue weighted by Crippen LogP contribution is 2.21. The van der Waals surface area contributed by atoms with Gasteiger partial charge < -0.3 is 14.9 Å². The molecular weight excluding hydrogens is 161 g/mol. The topological polar surface area (TPSA) is 98.5 Å². The van der Waals surface area contributed by atoms with Crippen molar-refractivity contribution in [2.45, 2.75) is 24.3 Å². The molecule has 6 nitrogen and oxygen atoms in total. The molecule has 0 aromatic rings. The van der Waals surface area contributed by atoms with Gasteiger partial charge in [0.25, 0.3) is 0 Å². The molecule has 0 spiro atoms. The molecule has 0 aliphatic carbocycles. The molecule has 2 radical (unpaired) electrons. The van der Waals surface area contributed by atoms with Crippen LogP contribution in [0.25, 0.3) is 10.4 Å². The molecule has 4 atom stereocenters. The lowest BCUT2D eigenvalue weighted by atomic mass is 9.91. The minimum Gasteiger partial charge on any atom is -0.394 e. The summed E-state index contributed by atoms with van der Waals surface area (Å²) in [5.41, 5.74) is 8.09. The summed E-state index contributed by atoms with van der Waals surface area (Å²) in [7, 11) is 5.36. The van der Waals surface area contributed by atoms with Gasteiger partial charge in [0.15, 0.2) is 0 Å². The lowest BCUT2D eigenvalue weighted by Gasteiger charge is -2.11. The SMILES string of the molecule is [B]C1OC(CO)C(O)C1N=[N+]=[N-]. The van der Waals surface area contributed by atoms with E-state index in [1.165, 1.54) is 0 Å². The smallest absolute Gasteiger partial charge is 0.109 e. The Kier molecular flexibility index (Phi) is 2.94. The second-order valence-electron chi connectivity index (χ2n) is 2.51. The molecule has 0 bridgehead atoms. The highest BCUT2D eigenvalue weighted by Gasteiger charge is 2.39. The fraction of sp³-hybridized carbons (Fsp3) is 1.00. The first-order valence-electron chi connectivity index (χ1n) is 3.45. The molecule has 0 saturated carbocycles. The Bertz CT molecular complexity index is 208. The average Bonchev–Trinajstić information content (AvgIpc) is 2.32. The van der Waals surface area contributed by atoms with Crippen LogP contribution in [-0.2, 0) is 4.74 Å². The van der Waals surface area contributed by atoms with Crippen molar-refractivity contribution in [3.8, 4) is 0 Å². The van der Waals surface area contributed by atoms with Crippen LogP contribution in [0.3, 0.4) is 0 Å². The number of nitrogens with zero attached hydrogens (tertiary/aromatic N) is 3. The molecule has 12 heavy (non-hydrogen) atoms. The molecular formula is C5H8BN3O3. The summed E-state index contributed by atoms with van der Waals surface area (Å²) in [6, 6.07) is -1.65. The minimum absolute atomic E-state index is 0.341. The van der Waals surface area contributed by atoms with Crippen molar-refractivity contribution in [1.82, 2.24) is 0 Å². The maximum atomic E-state index is 9.32. The Labute approximate surface area is 70.2 Å².